The number of imide groups is 1. The third-order valence-corrected chi connectivity index (χ3v) is 2.29. The van der Waals surface area contributed by atoms with E-state index in [1.54, 1.807) is 19.3 Å². The number of morpholine rings is 1. The minimum atomic E-state index is -0.371. The number of aromatic amines is 1. The predicted molar refractivity (Wildman–Crippen MR) is 49.7 cm³/mol. The van der Waals surface area contributed by atoms with Crippen LogP contribution >= 0.6 is 0 Å². The molecule has 1 saturated heterocycles. The van der Waals surface area contributed by atoms with Crippen molar-refractivity contribution in [2.24, 2.45) is 0 Å². The van der Waals surface area contributed by atoms with Gasteiger partial charge in [0.25, 0.3) is 11.8 Å². The molecular formula is C9H11N3O3. The molecule has 2 amide bonds. The van der Waals surface area contributed by atoms with E-state index in [9.17, 15) is 9.59 Å². The lowest BCUT2D eigenvalue weighted by atomic mass is 10.2. The van der Waals surface area contributed by atoms with E-state index in [2.05, 4.69) is 9.97 Å². The van der Waals surface area contributed by atoms with E-state index in [-0.39, 0.29) is 31.1 Å². The van der Waals surface area contributed by atoms with Gasteiger partial charge in [0.2, 0.25) is 0 Å². The summed E-state index contributed by atoms with van der Waals surface area (Å²) in [5.41, 5.74) is 0. The zero-order chi connectivity index (χ0) is 10.8. The molecule has 1 fully saturated rings. The summed E-state index contributed by atoms with van der Waals surface area (Å²) in [6, 6.07) is -0.371. The van der Waals surface area contributed by atoms with Crippen molar-refractivity contribution in [3.8, 4) is 0 Å². The monoisotopic (exact) mass is 209 g/mol. The molecule has 1 aliphatic rings. The van der Waals surface area contributed by atoms with Crippen LogP contribution in [0.3, 0.4) is 0 Å². The van der Waals surface area contributed by atoms with Crippen molar-refractivity contribution in [2.45, 2.75) is 13.0 Å². The van der Waals surface area contributed by atoms with Gasteiger partial charge >= 0.3 is 0 Å². The summed E-state index contributed by atoms with van der Waals surface area (Å²) >= 11 is 0. The van der Waals surface area contributed by atoms with Crippen LogP contribution in [0.2, 0.25) is 0 Å². The molecule has 2 rings (SSSR count). The quantitative estimate of drug-likeness (QED) is 0.687. The van der Waals surface area contributed by atoms with E-state index in [4.69, 9.17) is 4.74 Å². The molecule has 1 unspecified atom stereocenters. The first kappa shape index (κ1) is 9.85. The summed E-state index contributed by atoms with van der Waals surface area (Å²) in [6.45, 7) is 1.66. The molecule has 0 aliphatic carbocycles. The van der Waals surface area contributed by atoms with Crippen LogP contribution in [0.5, 0.6) is 0 Å². The van der Waals surface area contributed by atoms with Crippen LogP contribution in [0.25, 0.3) is 0 Å². The first-order valence-corrected chi connectivity index (χ1v) is 4.62. The third kappa shape index (κ3) is 1.75. The van der Waals surface area contributed by atoms with Gasteiger partial charge in [0.15, 0.2) is 0 Å². The molecular weight excluding hydrogens is 198 g/mol. The Morgan fingerprint density at radius 1 is 1.47 bits per heavy atom. The maximum Gasteiger partial charge on any atom is 0.255 e. The smallest absolute Gasteiger partial charge is 0.255 e. The number of H-pyrrole nitrogens is 1. The van der Waals surface area contributed by atoms with Gasteiger partial charge < -0.3 is 9.72 Å². The minimum Gasteiger partial charge on any atom is -0.362 e. The number of carbonyl (C=O) groups is 2. The normalized spacial score (nSPS) is 19.4. The molecule has 0 aromatic carbocycles. The number of amides is 2. The average Bonchev–Trinajstić information content (AvgIpc) is 2.69. The van der Waals surface area contributed by atoms with Crippen molar-refractivity contribution < 1.29 is 14.3 Å². The lowest BCUT2D eigenvalue weighted by Crippen LogP contribution is -2.47. The number of carbonyl (C=O) groups excluding carboxylic acids is 2. The van der Waals surface area contributed by atoms with E-state index >= 15 is 0 Å². The van der Waals surface area contributed by atoms with Crippen molar-refractivity contribution in [2.75, 3.05) is 13.2 Å². The molecule has 0 bridgehead atoms. The maximum absolute atomic E-state index is 11.5. The molecule has 15 heavy (non-hydrogen) atoms. The zero-order valence-corrected chi connectivity index (χ0v) is 8.27. The highest BCUT2D eigenvalue weighted by Crippen LogP contribution is 2.18. The number of rotatable bonds is 2. The summed E-state index contributed by atoms with van der Waals surface area (Å²) < 4.78 is 4.82. The van der Waals surface area contributed by atoms with Crippen LogP contribution in [0.1, 0.15) is 18.8 Å². The standard InChI is InChI=1S/C9H11N3O3/c1-6(9-10-2-3-11-9)12-7(13)4-15-5-8(12)14/h2-3,6H,4-5H2,1H3,(H,10,11). The molecule has 6 heteroatoms. The summed E-state index contributed by atoms with van der Waals surface area (Å²) in [5, 5.41) is 0. The van der Waals surface area contributed by atoms with Gasteiger partial charge in [-0.2, -0.15) is 0 Å². The lowest BCUT2D eigenvalue weighted by molar-refractivity contribution is -0.161. The van der Waals surface area contributed by atoms with Gasteiger partial charge in [-0.25, -0.2) is 4.98 Å². The Morgan fingerprint density at radius 3 is 2.67 bits per heavy atom. The van der Waals surface area contributed by atoms with Crippen molar-refractivity contribution >= 4 is 11.8 Å². The molecule has 1 aliphatic heterocycles. The number of ether oxygens (including phenoxy) is 1. The van der Waals surface area contributed by atoms with E-state index < -0.39 is 0 Å². The molecule has 6 nitrogen and oxygen atoms in total. The van der Waals surface area contributed by atoms with Gasteiger partial charge in [0.1, 0.15) is 19.0 Å². The topological polar surface area (TPSA) is 75.3 Å². The van der Waals surface area contributed by atoms with Gasteiger partial charge in [-0.1, -0.05) is 0 Å². The number of nitrogens with one attached hydrogen (secondary N) is 1. The van der Waals surface area contributed by atoms with Crippen LogP contribution in [-0.4, -0.2) is 39.9 Å². The second-order valence-corrected chi connectivity index (χ2v) is 3.30. The summed E-state index contributed by atoms with van der Waals surface area (Å²) in [6.07, 6.45) is 3.24. The number of hydrogen-bond donors (Lipinski definition) is 1. The highest BCUT2D eigenvalue weighted by Gasteiger charge is 2.32. The largest absolute Gasteiger partial charge is 0.362 e. The summed E-state index contributed by atoms with van der Waals surface area (Å²) in [7, 11) is 0. The van der Waals surface area contributed by atoms with Gasteiger partial charge in [-0.3, -0.25) is 14.5 Å². The fourth-order valence-corrected chi connectivity index (χ4v) is 1.56. The first-order chi connectivity index (χ1) is 7.20. The molecule has 1 aromatic rings. The van der Waals surface area contributed by atoms with Crippen LogP contribution < -0.4 is 0 Å². The van der Waals surface area contributed by atoms with Crippen LogP contribution in [-0.2, 0) is 14.3 Å². The Morgan fingerprint density at radius 2 is 2.13 bits per heavy atom. The van der Waals surface area contributed by atoms with Crippen molar-refractivity contribution in [1.29, 1.82) is 0 Å². The van der Waals surface area contributed by atoms with Crippen LogP contribution in [0, 0.1) is 0 Å². The summed E-state index contributed by atoms with van der Waals surface area (Å²) in [4.78, 5) is 31.0. The fraction of sp³-hybridized carbons (Fsp3) is 0.444. The van der Waals surface area contributed by atoms with Crippen molar-refractivity contribution in [3.05, 3.63) is 18.2 Å². The Balaban J connectivity index is 2.21. The maximum atomic E-state index is 11.5. The van der Waals surface area contributed by atoms with Crippen LogP contribution in [0.4, 0.5) is 0 Å². The van der Waals surface area contributed by atoms with Gasteiger partial charge in [-0.15, -0.1) is 0 Å². The van der Waals surface area contributed by atoms with Crippen LogP contribution in [0.15, 0.2) is 12.4 Å². The van der Waals surface area contributed by atoms with E-state index in [0.717, 1.165) is 0 Å². The second-order valence-electron chi connectivity index (χ2n) is 3.30. The zero-order valence-electron chi connectivity index (χ0n) is 8.27. The molecule has 80 valence electrons. The molecule has 0 radical (unpaired) electrons. The Bertz CT molecular complexity index is 358. The third-order valence-electron chi connectivity index (χ3n) is 2.29. The van der Waals surface area contributed by atoms with Gasteiger partial charge in [0.05, 0.1) is 6.04 Å². The lowest BCUT2D eigenvalue weighted by Gasteiger charge is -2.29. The summed E-state index contributed by atoms with van der Waals surface area (Å²) in [5.74, 6) is -0.0519. The molecule has 1 atom stereocenters. The number of hydrogen-bond acceptors (Lipinski definition) is 4. The van der Waals surface area contributed by atoms with Gasteiger partial charge in [-0.05, 0) is 6.92 Å². The number of imidazole rings is 1. The molecule has 2 heterocycles. The molecule has 0 saturated carbocycles. The number of aromatic nitrogens is 2. The minimum absolute atomic E-state index is 0.0449. The Kier molecular flexibility index (Phi) is 2.51. The average molecular weight is 209 g/mol. The molecule has 1 N–H and O–H groups in total. The number of nitrogens with zero attached hydrogens (tertiary/aromatic N) is 2. The Labute approximate surface area is 86.2 Å². The van der Waals surface area contributed by atoms with Crippen molar-refractivity contribution in [3.63, 3.8) is 0 Å². The first-order valence-electron chi connectivity index (χ1n) is 4.62. The highest BCUT2D eigenvalue weighted by atomic mass is 16.5. The van der Waals surface area contributed by atoms with Gasteiger partial charge in [0, 0.05) is 12.4 Å². The van der Waals surface area contributed by atoms with E-state index in [1.165, 1.54) is 4.90 Å². The molecule has 1 aromatic heterocycles. The highest BCUT2D eigenvalue weighted by molar-refractivity contribution is 5.98. The molecule has 0 spiro atoms. The predicted octanol–water partition coefficient (Wildman–Crippen LogP) is -0.144. The van der Waals surface area contributed by atoms with Crippen molar-refractivity contribution in [1.82, 2.24) is 14.9 Å². The van der Waals surface area contributed by atoms with E-state index in [1.807, 2.05) is 0 Å². The SMILES string of the molecule is CC(c1ncc[nH]1)N1C(=O)COCC1=O. The van der Waals surface area contributed by atoms with E-state index in [0.29, 0.717) is 5.82 Å². The second kappa shape index (κ2) is 3.82. The Hall–Kier alpha value is -1.69. The fourth-order valence-electron chi connectivity index (χ4n) is 1.56.